The van der Waals surface area contributed by atoms with Crippen LogP contribution >= 0.6 is 0 Å². The van der Waals surface area contributed by atoms with Gasteiger partial charge in [0.2, 0.25) is 5.91 Å². The Balaban J connectivity index is 2.76. The maximum Gasteiger partial charge on any atom is 0.244 e. The van der Waals surface area contributed by atoms with Crippen molar-refractivity contribution in [2.75, 3.05) is 26.4 Å². The first-order chi connectivity index (χ1) is 10.8. The lowest BCUT2D eigenvalue weighted by Gasteiger charge is -2.41. The standard InChI is InChI=1S/C13H23NO9/c1-2-8(18)14-13(4-16,5-17)6-22-12-11(21)10(20)9(19)7(3-15)23-12/h2,7,9-12,15-17,19-21H,1,3-6H2,(H,14,18)/t7-,9+,10+,11-,12-/m1/s1. The molecule has 0 radical (unpaired) electrons. The van der Waals surface area contributed by atoms with Gasteiger partial charge in [0.1, 0.15) is 30.0 Å². The molecule has 1 saturated heterocycles. The molecule has 10 nitrogen and oxygen atoms in total. The topological polar surface area (TPSA) is 169 Å². The minimum Gasteiger partial charge on any atom is -0.394 e. The van der Waals surface area contributed by atoms with Crippen molar-refractivity contribution in [3.8, 4) is 0 Å². The predicted octanol–water partition coefficient (Wildman–Crippen LogP) is -4.17. The van der Waals surface area contributed by atoms with E-state index in [1.807, 2.05) is 0 Å². The Kier molecular flexibility index (Phi) is 7.51. The summed E-state index contributed by atoms with van der Waals surface area (Å²) in [6, 6.07) is 0. The highest BCUT2D eigenvalue weighted by atomic mass is 16.7. The van der Waals surface area contributed by atoms with E-state index in [9.17, 15) is 30.3 Å². The summed E-state index contributed by atoms with van der Waals surface area (Å²) in [4.78, 5) is 11.4. The molecular formula is C13H23NO9. The SMILES string of the molecule is C=CC(=O)NC(CO)(CO)CO[C@@H]1O[C@H](CO)[C@H](O)[C@H](O)[C@H]1O. The van der Waals surface area contributed by atoms with Crippen LogP contribution in [0, 0.1) is 0 Å². The maximum atomic E-state index is 11.4. The summed E-state index contributed by atoms with van der Waals surface area (Å²) in [6.45, 7) is 0.793. The van der Waals surface area contributed by atoms with Gasteiger partial charge in [-0.2, -0.15) is 0 Å². The van der Waals surface area contributed by atoms with Crippen LogP contribution in [0.1, 0.15) is 0 Å². The molecule has 0 aromatic carbocycles. The molecule has 1 fully saturated rings. The number of carbonyl (C=O) groups excluding carboxylic acids is 1. The monoisotopic (exact) mass is 337 g/mol. The molecule has 1 rings (SSSR count). The molecule has 0 unspecified atom stereocenters. The van der Waals surface area contributed by atoms with Crippen LogP contribution in [-0.2, 0) is 14.3 Å². The fourth-order valence-corrected chi connectivity index (χ4v) is 2.02. The van der Waals surface area contributed by atoms with Gasteiger partial charge in [-0.25, -0.2) is 0 Å². The molecule has 1 amide bonds. The zero-order chi connectivity index (χ0) is 17.6. The van der Waals surface area contributed by atoms with Gasteiger partial charge < -0.3 is 45.4 Å². The molecule has 0 aromatic rings. The molecule has 7 N–H and O–H groups in total. The van der Waals surface area contributed by atoms with Crippen molar-refractivity contribution in [2.24, 2.45) is 0 Å². The molecule has 5 atom stereocenters. The van der Waals surface area contributed by atoms with Crippen LogP contribution in [-0.4, -0.2) is 99.2 Å². The number of carbonyl (C=O) groups is 1. The highest BCUT2D eigenvalue weighted by Gasteiger charge is 2.45. The number of nitrogens with one attached hydrogen (secondary N) is 1. The van der Waals surface area contributed by atoms with Crippen molar-refractivity contribution in [2.45, 2.75) is 36.2 Å². The smallest absolute Gasteiger partial charge is 0.244 e. The van der Waals surface area contributed by atoms with Crippen LogP contribution in [0.15, 0.2) is 12.7 Å². The van der Waals surface area contributed by atoms with E-state index >= 15 is 0 Å². The highest BCUT2D eigenvalue weighted by molar-refractivity contribution is 5.87. The molecule has 23 heavy (non-hydrogen) atoms. The summed E-state index contributed by atoms with van der Waals surface area (Å²) in [5, 5.41) is 59.3. The van der Waals surface area contributed by atoms with Gasteiger partial charge in [0, 0.05) is 0 Å². The second-order valence-electron chi connectivity index (χ2n) is 5.30. The Morgan fingerprint density at radius 1 is 1.17 bits per heavy atom. The Bertz CT molecular complexity index is 399. The third-order valence-electron chi connectivity index (χ3n) is 3.55. The maximum absolute atomic E-state index is 11.4. The van der Waals surface area contributed by atoms with E-state index in [1.165, 1.54) is 0 Å². The van der Waals surface area contributed by atoms with Crippen molar-refractivity contribution < 1.29 is 44.9 Å². The van der Waals surface area contributed by atoms with Gasteiger partial charge in [0.25, 0.3) is 0 Å². The minimum absolute atomic E-state index is 0.470. The van der Waals surface area contributed by atoms with Crippen LogP contribution in [0.4, 0.5) is 0 Å². The third kappa shape index (κ3) is 4.68. The number of hydrogen-bond acceptors (Lipinski definition) is 9. The van der Waals surface area contributed by atoms with Gasteiger partial charge in [-0.1, -0.05) is 6.58 Å². The van der Waals surface area contributed by atoms with Crippen LogP contribution in [0.25, 0.3) is 0 Å². The lowest BCUT2D eigenvalue weighted by molar-refractivity contribution is -0.305. The Hall–Kier alpha value is -1.11. The minimum atomic E-state index is -1.63. The number of amides is 1. The van der Waals surface area contributed by atoms with Crippen LogP contribution in [0.5, 0.6) is 0 Å². The van der Waals surface area contributed by atoms with Crippen LogP contribution in [0.2, 0.25) is 0 Å². The van der Waals surface area contributed by atoms with Gasteiger partial charge in [-0.05, 0) is 6.08 Å². The number of aliphatic hydroxyl groups excluding tert-OH is 6. The molecule has 10 heteroatoms. The molecule has 0 aliphatic carbocycles. The predicted molar refractivity (Wildman–Crippen MR) is 75.0 cm³/mol. The van der Waals surface area contributed by atoms with Crippen molar-refractivity contribution in [1.82, 2.24) is 5.32 Å². The lowest BCUT2D eigenvalue weighted by atomic mass is 9.99. The molecule has 0 saturated carbocycles. The van der Waals surface area contributed by atoms with Gasteiger partial charge in [0.15, 0.2) is 6.29 Å². The number of ether oxygens (including phenoxy) is 2. The van der Waals surface area contributed by atoms with Gasteiger partial charge >= 0.3 is 0 Å². The summed E-state index contributed by atoms with van der Waals surface area (Å²) in [5.41, 5.74) is -1.57. The van der Waals surface area contributed by atoms with E-state index in [0.29, 0.717) is 0 Å². The Labute approximate surface area is 132 Å². The molecule has 1 heterocycles. The van der Waals surface area contributed by atoms with Gasteiger partial charge in [0.05, 0.1) is 26.4 Å². The van der Waals surface area contributed by atoms with Crippen molar-refractivity contribution in [3.05, 3.63) is 12.7 Å². The second kappa shape index (κ2) is 8.66. The fraction of sp³-hybridized carbons (Fsp3) is 0.769. The number of hydrogen-bond donors (Lipinski definition) is 7. The average Bonchev–Trinajstić information content (AvgIpc) is 2.57. The molecule has 1 aliphatic heterocycles. The van der Waals surface area contributed by atoms with Gasteiger partial charge in [-0.3, -0.25) is 4.79 Å². The lowest BCUT2D eigenvalue weighted by Crippen LogP contribution is -2.62. The zero-order valence-corrected chi connectivity index (χ0v) is 12.4. The summed E-state index contributed by atoms with van der Waals surface area (Å²) >= 11 is 0. The normalized spacial score (nSPS) is 31.7. The highest BCUT2D eigenvalue weighted by Crippen LogP contribution is 2.22. The number of rotatable bonds is 8. The quantitative estimate of drug-likeness (QED) is 0.217. The largest absolute Gasteiger partial charge is 0.394 e. The van der Waals surface area contributed by atoms with E-state index in [-0.39, 0.29) is 0 Å². The zero-order valence-electron chi connectivity index (χ0n) is 12.4. The molecule has 0 bridgehead atoms. The van der Waals surface area contributed by atoms with Gasteiger partial charge in [-0.15, -0.1) is 0 Å². The first kappa shape index (κ1) is 19.9. The molecular weight excluding hydrogens is 314 g/mol. The number of aliphatic hydroxyl groups is 6. The molecule has 134 valence electrons. The molecule has 0 aromatic heterocycles. The summed E-state index contributed by atoms with van der Waals surface area (Å²) in [6.07, 6.45) is -6.43. The van der Waals surface area contributed by atoms with Crippen molar-refractivity contribution in [1.29, 1.82) is 0 Å². The summed E-state index contributed by atoms with van der Waals surface area (Å²) in [7, 11) is 0. The first-order valence-electron chi connectivity index (χ1n) is 6.92. The molecule has 0 spiro atoms. The fourth-order valence-electron chi connectivity index (χ4n) is 2.02. The Morgan fingerprint density at radius 2 is 1.78 bits per heavy atom. The summed E-state index contributed by atoms with van der Waals surface area (Å²) < 4.78 is 10.3. The van der Waals surface area contributed by atoms with Crippen molar-refractivity contribution in [3.63, 3.8) is 0 Å². The van der Waals surface area contributed by atoms with E-state index < -0.39 is 68.6 Å². The molecule has 1 aliphatic rings. The first-order valence-corrected chi connectivity index (χ1v) is 6.92. The van der Waals surface area contributed by atoms with Crippen LogP contribution < -0.4 is 5.32 Å². The Morgan fingerprint density at radius 3 is 2.26 bits per heavy atom. The second-order valence-corrected chi connectivity index (χ2v) is 5.30. The summed E-state index contributed by atoms with van der Waals surface area (Å²) in [5.74, 6) is -0.662. The van der Waals surface area contributed by atoms with Crippen LogP contribution in [0.3, 0.4) is 0 Å². The van der Waals surface area contributed by atoms with E-state index in [2.05, 4.69) is 11.9 Å². The van der Waals surface area contributed by atoms with Crippen molar-refractivity contribution >= 4 is 5.91 Å². The average molecular weight is 337 g/mol. The third-order valence-corrected chi connectivity index (χ3v) is 3.55. The van der Waals surface area contributed by atoms with E-state index in [1.54, 1.807) is 0 Å². The van der Waals surface area contributed by atoms with E-state index in [0.717, 1.165) is 6.08 Å². The van der Waals surface area contributed by atoms with E-state index in [4.69, 9.17) is 14.6 Å².